The van der Waals surface area contributed by atoms with Crippen LogP contribution in [0.1, 0.15) is 0 Å². The third kappa shape index (κ3) is 3.66. The van der Waals surface area contributed by atoms with Crippen molar-refractivity contribution in [2.24, 2.45) is 0 Å². The minimum Gasteiger partial charge on any atom is -0.0901 e. The largest absolute Gasteiger partial charge is 0.0901 e. The summed E-state index contributed by atoms with van der Waals surface area (Å²) in [5.41, 5.74) is 0. The molecule has 0 bridgehead atoms. The van der Waals surface area contributed by atoms with E-state index in [0.29, 0.717) is 0 Å². The first-order chi connectivity index (χ1) is 6.45. The van der Waals surface area contributed by atoms with E-state index in [4.69, 9.17) is 0 Å². The first kappa shape index (κ1) is 12.1. The summed E-state index contributed by atoms with van der Waals surface area (Å²) in [6.45, 7) is 0. The third-order valence-corrected chi connectivity index (χ3v) is 2.74. The minimum atomic E-state index is 0. The van der Waals surface area contributed by atoms with Crippen LogP contribution in [0, 0.1) is 0 Å². The van der Waals surface area contributed by atoms with E-state index in [1.165, 1.54) is 9.79 Å². The summed E-state index contributed by atoms with van der Waals surface area (Å²) in [4.78, 5) is 2.57. The molecular formula is C12H12CaS. The van der Waals surface area contributed by atoms with Crippen LogP contribution >= 0.6 is 11.8 Å². The third-order valence-electron chi connectivity index (χ3n) is 1.72. The summed E-state index contributed by atoms with van der Waals surface area (Å²) in [5, 5.41) is 0. The van der Waals surface area contributed by atoms with Gasteiger partial charge in [-0.15, -0.1) is 0 Å². The second-order valence-electron chi connectivity index (χ2n) is 2.73. The average molecular weight is 228 g/mol. The molecule has 0 unspecified atom stereocenters. The van der Waals surface area contributed by atoms with Crippen molar-refractivity contribution >= 4 is 49.5 Å². The number of benzene rings is 2. The Hall–Kier alpha value is 0.0497. The van der Waals surface area contributed by atoms with E-state index in [-0.39, 0.29) is 37.7 Å². The monoisotopic (exact) mass is 228 g/mol. The Morgan fingerprint density at radius 3 is 1.29 bits per heavy atom. The molecule has 14 heavy (non-hydrogen) atoms. The van der Waals surface area contributed by atoms with Gasteiger partial charge in [-0.25, -0.2) is 0 Å². The summed E-state index contributed by atoms with van der Waals surface area (Å²) < 4.78 is 0. The van der Waals surface area contributed by atoms with Crippen molar-refractivity contribution in [1.82, 2.24) is 0 Å². The van der Waals surface area contributed by atoms with Crippen molar-refractivity contribution in [3.05, 3.63) is 60.7 Å². The van der Waals surface area contributed by atoms with Crippen molar-refractivity contribution in [2.45, 2.75) is 9.79 Å². The van der Waals surface area contributed by atoms with Gasteiger partial charge in [-0.1, -0.05) is 48.2 Å². The Morgan fingerprint density at radius 1 is 0.571 bits per heavy atom. The smallest absolute Gasteiger partial charge is 0.0122 e. The second-order valence-corrected chi connectivity index (χ2v) is 3.88. The molecule has 0 fully saturated rings. The fraction of sp³-hybridized carbons (Fsp3) is 0. The second kappa shape index (κ2) is 6.52. The zero-order valence-corrected chi connectivity index (χ0v) is 8.00. The van der Waals surface area contributed by atoms with Crippen LogP contribution in [0.25, 0.3) is 0 Å². The van der Waals surface area contributed by atoms with Crippen molar-refractivity contribution in [3.63, 3.8) is 0 Å². The molecule has 2 aromatic carbocycles. The summed E-state index contributed by atoms with van der Waals surface area (Å²) in [6.07, 6.45) is 0. The van der Waals surface area contributed by atoms with Gasteiger partial charge in [0, 0.05) is 9.79 Å². The predicted molar refractivity (Wildman–Crippen MR) is 65.6 cm³/mol. The number of rotatable bonds is 2. The van der Waals surface area contributed by atoms with Gasteiger partial charge in [-0.3, -0.25) is 0 Å². The molecule has 0 aliphatic carbocycles. The van der Waals surface area contributed by atoms with E-state index < -0.39 is 0 Å². The Kier molecular flexibility index (Phi) is 5.64. The van der Waals surface area contributed by atoms with Gasteiger partial charge < -0.3 is 0 Å². The van der Waals surface area contributed by atoms with E-state index in [2.05, 4.69) is 48.5 Å². The minimum absolute atomic E-state index is 0. The maximum absolute atomic E-state index is 2.12. The van der Waals surface area contributed by atoms with E-state index in [0.717, 1.165) is 0 Å². The van der Waals surface area contributed by atoms with Crippen LogP contribution in [0.5, 0.6) is 0 Å². The summed E-state index contributed by atoms with van der Waals surface area (Å²) in [7, 11) is 0. The Labute approximate surface area is 119 Å². The molecule has 0 amide bonds. The molecule has 0 spiro atoms. The topological polar surface area (TPSA) is 0 Å². The Bertz CT molecular complexity index is 321. The van der Waals surface area contributed by atoms with E-state index >= 15 is 0 Å². The first-order valence-corrected chi connectivity index (χ1v) is 5.05. The molecule has 0 radical (unpaired) electrons. The van der Waals surface area contributed by atoms with Crippen LogP contribution in [0.15, 0.2) is 70.5 Å². The SMILES string of the molecule is [CaH2].c1ccc(Sc2ccccc2)cc1. The van der Waals surface area contributed by atoms with Gasteiger partial charge in [0.15, 0.2) is 0 Å². The molecule has 0 heterocycles. The summed E-state index contributed by atoms with van der Waals surface area (Å²) >= 11 is 1.79. The van der Waals surface area contributed by atoms with Crippen molar-refractivity contribution in [3.8, 4) is 0 Å². The molecular weight excluding hydrogens is 216 g/mol. The van der Waals surface area contributed by atoms with Crippen LogP contribution < -0.4 is 0 Å². The van der Waals surface area contributed by atoms with E-state index in [9.17, 15) is 0 Å². The zero-order chi connectivity index (χ0) is 8.93. The maximum atomic E-state index is 2.12. The molecule has 2 rings (SSSR count). The molecule has 2 aromatic rings. The molecule has 0 aliphatic heterocycles. The van der Waals surface area contributed by atoms with Crippen LogP contribution in [-0.2, 0) is 0 Å². The first-order valence-electron chi connectivity index (χ1n) is 4.23. The summed E-state index contributed by atoms with van der Waals surface area (Å²) in [5.74, 6) is 0. The van der Waals surface area contributed by atoms with Crippen LogP contribution in [0.2, 0.25) is 0 Å². The Morgan fingerprint density at radius 2 is 0.929 bits per heavy atom. The normalized spacial score (nSPS) is 9.14. The predicted octanol–water partition coefficient (Wildman–Crippen LogP) is 2.92. The molecule has 2 heteroatoms. The fourth-order valence-corrected chi connectivity index (χ4v) is 1.97. The standard InChI is InChI=1S/C12H10S.Ca.2H/c1-3-7-11(8-4-1)13-12-9-5-2-6-10-12;;;/h1-10H;;;. The van der Waals surface area contributed by atoms with Gasteiger partial charge in [0.2, 0.25) is 0 Å². The van der Waals surface area contributed by atoms with Gasteiger partial charge in [0.25, 0.3) is 0 Å². The molecule has 0 saturated carbocycles. The molecule has 68 valence electrons. The van der Waals surface area contributed by atoms with Gasteiger partial charge in [-0.2, -0.15) is 0 Å². The molecule has 0 nitrogen and oxygen atoms in total. The maximum Gasteiger partial charge on any atom is 0.0122 e. The number of hydrogen-bond acceptors (Lipinski definition) is 1. The van der Waals surface area contributed by atoms with Crippen molar-refractivity contribution in [1.29, 1.82) is 0 Å². The summed E-state index contributed by atoms with van der Waals surface area (Å²) in [6, 6.07) is 20.8. The van der Waals surface area contributed by atoms with Gasteiger partial charge in [-0.05, 0) is 24.3 Å². The molecule has 0 N–H and O–H groups in total. The fourth-order valence-electron chi connectivity index (χ4n) is 1.11. The quantitative estimate of drug-likeness (QED) is 0.712. The van der Waals surface area contributed by atoms with Crippen LogP contribution in [0.3, 0.4) is 0 Å². The van der Waals surface area contributed by atoms with Crippen molar-refractivity contribution < 1.29 is 0 Å². The molecule has 0 saturated heterocycles. The van der Waals surface area contributed by atoms with E-state index in [1.54, 1.807) is 11.8 Å². The average Bonchev–Trinajstić information content (AvgIpc) is 2.21. The zero-order valence-electron chi connectivity index (χ0n) is 7.18. The Balaban J connectivity index is 0.000000980. The van der Waals surface area contributed by atoms with Crippen molar-refractivity contribution in [2.75, 3.05) is 0 Å². The molecule has 0 aromatic heterocycles. The van der Waals surface area contributed by atoms with Crippen LogP contribution in [0.4, 0.5) is 0 Å². The molecule has 0 aliphatic rings. The van der Waals surface area contributed by atoms with Gasteiger partial charge in [0.05, 0.1) is 0 Å². The van der Waals surface area contributed by atoms with Gasteiger partial charge in [0.1, 0.15) is 0 Å². The van der Waals surface area contributed by atoms with Crippen LogP contribution in [-0.4, -0.2) is 37.7 Å². The molecule has 0 atom stereocenters. The number of hydrogen-bond donors (Lipinski definition) is 0. The van der Waals surface area contributed by atoms with Gasteiger partial charge >= 0.3 is 37.7 Å². The van der Waals surface area contributed by atoms with E-state index in [1.807, 2.05) is 12.1 Å².